The molecule has 0 aromatic rings. The summed E-state index contributed by atoms with van der Waals surface area (Å²) in [5, 5.41) is 85.8. The smallest absolute Gasteiger partial charge is 0.220 e. The molecular formula is C41H75NO13. The molecule has 0 radical (unpaired) electrons. The summed E-state index contributed by atoms with van der Waals surface area (Å²) < 4.78 is 22.5. The van der Waals surface area contributed by atoms with E-state index in [1.54, 1.807) is 6.08 Å². The summed E-state index contributed by atoms with van der Waals surface area (Å²) in [6.45, 7) is 2.62. The van der Waals surface area contributed by atoms with Gasteiger partial charge in [-0.1, -0.05) is 109 Å². The van der Waals surface area contributed by atoms with E-state index in [2.05, 4.69) is 31.3 Å². The van der Waals surface area contributed by atoms with Crippen molar-refractivity contribution in [2.45, 2.75) is 209 Å². The molecule has 2 aliphatic heterocycles. The zero-order valence-electron chi connectivity index (χ0n) is 33.4. The van der Waals surface area contributed by atoms with E-state index in [1.165, 1.54) is 44.9 Å². The molecule has 0 aromatic heterocycles. The molecule has 0 bridgehead atoms. The Labute approximate surface area is 328 Å². The van der Waals surface area contributed by atoms with Crippen LogP contribution in [0.4, 0.5) is 0 Å². The molecule has 55 heavy (non-hydrogen) atoms. The highest BCUT2D eigenvalue weighted by atomic mass is 16.7. The van der Waals surface area contributed by atoms with Crippen LogP contribution in [0.25, 0.3) is 0 Å². The molecule has 0 aliphatic carbocycles. The summed E-state index contributed by atoms with van der Waals surface area (Å²) in [5.41, 5.74) is 0. The predicted octanol–water partition coefficient (Wildman–Crippen LogP) is 3.04. The molecule has 2 saturated heterocycles. The van der Waals surface area contributed by atoms with Crippen molar-refractivity contribution in [3.63, 3.8) is 0 Å². The standard InChI is InChI=1S/C41H75NO13/c1-3-5-7-9-10-11-12-13-14-15-16-17-18-19-21-23-25-33(46)42-29(30(45)24-22-20-8-6-4-2)28-52-40-38(51)36(49)39(32(27-44)54-40)55-41-37(50)35(48)34(47)31(26-43)53-41/h14-15,22,24,29-32,34-41,43-45,47-51H,3-13,16-21,23,25-28H2,1-2H3,(H,42,46)/b15-14-,24-22+. The van der Waals surface area contributed by atoms with E-state index in [1.807, 2.05) is 6.08 Å². The number of hydrogen-bond donors (Lipinski definition) is 9. The van der Waals surface area contributed by atoms with Crippen LogP contribution in [-0.2, 0) is 23.7 Å². The number of aliphatic hydroxyl groups is 8. The van der Waals surface area contributed by atoms with Crippen molar-refractivity contribution < 1.29 is 64.6 Å². The van der Waals surface area contributed by atoms with Gasteiger partial charge in [0.15, 0.2) is 12.6 Å². The summed E-state index contributed by atoms with van der Waals surface area (Å²) in [7, 11) is 0. The second kappa shape index (κ2) is 29.6. The molecule has 1 amide bonds. The Hall–Kier alpha value is -1.53. The number of amides is 1. The SMILES string of the molecule is CCCCC/C=C/C(O)C(COC1OC(CO)C(OC2OC(CO)C(O)C(O)C2O)C(O)C1O)NC(=O)CCCCCCC/C=C\CCCCCCCCC. The monoisotopic (exact) mass is 790 g/mol. The van der Waals surface area contributed by atoms with Gasteiger partial charge in [0.25, 0.3) is 0 Å². The third-order valence-electron chi connectivity index (χ3n) is 10.4. The molecule has 0 spiro atoms. The zero-order valence-corrected chi connectivity index (χ0v) is 33.4. The predicted molar refractivity (Wildman–Crippen MR) is 208 cm³/mol. The zero-order chi connectivity index (χ0) is 40.4. The number of carbonyl (C=O) groups excluding carboxylic acids is 1. The van der Waals surface area contributed by atoms with Gasteiger partial charge in [-0.15, -0.1) is 0 Å². The number of allylic oxidation sites excluding steroid dienone is 3. The number of ether oxygens (including phenoxy) is 4. The first-order valence-electron chi connectivity index (χ1n) is 21.1. The van der Waals surface area contributed by atoms with E-state index < -0.39 is 86.8 Å². The highest BCUT2D eigenvalue weighted by Gasteiger charge is 2.50. The summed E-state index contributed by atoms with van der Waals surface area (Å²) in [5.74, 6) is -0.258. The van der Waals surface area contributed by atoms with Gasteiger partial charge in [-0.05, 0) is 44.9 Å². The van der Waals surface area contributed by atoms with Gasteiger partial charge < -0.3 is 65.1 Å². The summed E-state index contributed by atoms with van der Waals surface area (Å²) in [4.78, 5) is 13.0. The largest absolute Gasteiger partial charge is 0.394 e. The lowest BCUT2D eigenvalue weighted by Gasteiger charge is -2.46. The minimum absolute atomic E-state index is 0.258. The van der Waals surface area contributed by atoms with Crippen molar-refractivity contribution in [1.82, 2.24) is 5.32 Å². The topological polar surface area (TPSA) is 228 Å². The molecular weight excluding hydrogens is 714 g/mol. The molecule has 9 N–H and O–H groups in total. The van der Waals surface area contributed by atoms with E-state index >= 15 is 0 Å². The van der Waals surface area contributed by atoms with Crippen molar-refractivity contribution in [3.8, 4) is 0 Å². The van der Waals surface area contributed by atoms with Gasteiger partial charge in [0, 0.05) is 6.42 Å². The molecule has 14 nitrogen and oxygen atoms in total. The van der Waals surface area contributed by atoms with Crippen molar-refractivity contribution in [2.24, 2.45) is 0 Å². The van der Waals surface area contributed by atoms with Crippen LogP contribution >= 0.6 is 0 Å². The van der Waals surface area contributed by atoms with Crippen molar-refractivity contribution in [1.29, 1.82) is 0 Å². The molecule has 2 aliphatic rings. The number of rotatable bonds is 30. The second-order valence-corrected chi connectivity index (χ2v) is 15.1. The van der Waals surface area contributed by atoms with Crippen LogP contribution in [0.5, 0.6) is 0 Å². The highest BCUT2D eigenvalue weighted by Crippen LogP contribution is 2.29. The minimum Gasteiger partial charge on any atom is -0.394 e. The fourth-order valence-corrected chi connectivity index (χ4v) is 6.81. The summed E-state index contributed by atoms with van der Waals surface area (Å²) >= 11 is 0. The Bertz CT molecular complexity index is 1030. The molecule has 322 valence electrons. The average molecular weight is 790 g/mol. The maximum Gasteiger partial charge on any atom is 0.220 e. The fraction of sp³-hybridized carbons (Fsp3) is 0.878. The van der Waals surface area contributed by atoms with Crippen LogP contribution < -0.4 is 5.32 Å². The van der Waals surface area contributed by atoms with E-state index in [0.717, 1.165) is 64.2 Å². The first-order valence-corrected chi connectivity index (χ1v) is 21.1. The van der Waals surface area contributed by atoms with Crippen LogP contribution in [0.2, 0.25) is 0 Å². The van der Waals surface area contributed by atoms with Gasteiger partial charge in [-0.25, -0.2) is 0 Å². The molecule has 0 aromatic carbocycles. The maximum atomic E-state index is 13.0. The molecule has 0 saturated carbocycles. The Morgan fingerprint density at radius 2 is 1.15 bits per heavy atom. The lowest BCUT2D eigenvalue weighted by Crippen LogP contribution is -2.65. The molecule has 14 heteroatoms. The Balaban J connectivity index is 1.84. The van der Waals surface area contributed by atoms with Crippen molar-refractivity contribution in [3.05, 3.63) is 24.3 Å². The van der Waals surface area contributed by atoms with E-state index in [-0.39, 0.29) is 18.9 Å². The molecule has 2 heterocycles. The number of aliphatic hydroxyl groups excluding tert-OH is 8. The first kappa shape index (κ1) is 49.6. The third kappa shape index (κ3) is 18.7. The maximum absolute atomic E-state index is 13.0. The molecule has 2 rings (SSSR count). The van der Waals surface area contributed by atoms with Gasteiger partial charge in [-0.2, -0.15) is 0 Å². The normalized spacial score (nSPS) is 29.9. The van der Waals surface area contributed by atoms with E-state index in [4.69, 9.17) is 18.9 Å². The Kier molecular flexibility index (Phi) is 26.7. The van der Waals surface area contributed by atoms with Crippen LogP contribution in [0.1, 0.15) is 136 Å². The van der Waals surface area contributed by atoms with E-state index in [0.29, 0.717) is 6.42 Å². The third-order valence-corrected chi connectivity index (χ3v) is 10.4. The molecule has 2 fully saturated rings. The minimum atomic E-state index is -1.78. The summed E-state index contributed by atoms with van der Waals surface area (Å²) in [6, 6.07) is -0.911. The lowest BCUT2D eigenvalue weighted by atomic mass is 9.97. The van der Waals surface area contributed by atoms with Gasteiger partial charge in [0.1, 0.15) is 48.8 Å². The van der Waals surface area contributed by atoms with Crippen LogP contribution in [-0.4, -0.2) is 140 Å². The van der Waals surface area contributed by atoms with Crippen LogP contribution in [0, 0.1) is 0 Å². The van der Waals surface area contributed by atoms with Gasteiger partial charge in [0.05, 0.1) is 32.0 Å². The average Bonchev–Trinajstić information content (AvgIpc) is 3.18. The number of hydrogen-bond acceptors (Lipinski definition) is 13. The van der Waals surface area contributed by atoms with Gasteiger partial charge >= 0.3 is 0 Å². The molecule has 12 unspecified atom stereocenters. The molecule has 12 atom stereocenters. The fourth-order valence-electron chi connectivity index (χ4n) is 6.81. The lowest BCUT2D eigenvalue weighted by molar-refractivity contribution is -0.359. The number of carbonyl (C=O) groups is 1. The summed E-state index contributed by atoms with van der Waals surface area (Å²) in [6.07, 6.45) is 11.5. The Morgan fingerprint density at radius 1 is 0.636 bits per heavy atom. The second-order valence-electron chi connectivity index (χ2n) is 15.1. The van der Waals surface area contributed by atoms with Gasteiger partial charge in [-0.3, -0.25) is 4.79 Å². The number of nitrogens with one attached hydrogen (secondary N) is 1. The van der Waals surface area contributed by atoms with Crippen molar-refractivity contribution >= 4 is 5.91 Å². The highest BCUT2D eigenvalue weighted by molar-refractivity contribution is 5.76. The van der Waals surface area contributed by atoms with E-state index in [9.17, 15) is 45.6 Å². The van der Waals surface area contributed by atoms with Crippen LogP contribution in [0.15, 0.2) is 24.3 Å². The van der Waals surface area contributed by atoms with Gasteiger partial charge in [0.2, 0.25) is 5.91 Å². The van der Waals surface area contributed by atoms with Crippen molar-refractivity contribution in [2.75, 3.05) is 19.8 Å². The number of unbranched alkanes of at least 4 members (excludes halogenated alkanes) is 15. The quantitative estimate of drug-likeness (QED) is 0.0377. The van der Waals surface area contributed by atoms with Crippen LogP contribution in [0.3, 0.4) is 0 Å². The first-order chi connectivity index (χ1) is 26.6. The Morgan fingerprint density at radius 3 is 1.76 bits per heavy atom.